The minimum absolute atomic E-state index is 0.597. The Morgan fingerprint density at radius 2 is 2.38 bits per heavy atom. The van der Waals surface area contributed by atoms with Crippen LogP contribution in [0.5, 0.6) is 5.88 Å². The van der Waals surface area contributed by atoms with Crippen LogP contribution in [0.2, 0.25) is 0 Å². The monoisotopic (exact) mass is 242 g/mol. The van der Waals surface area contributed by atoms with Crippen molar-refractivity contribution < 1.29 is 4.74 Å². The van der Waals surface area contributed by atoms with Crippen molar-refractivity contribution in [3.8, 4) is 5.88 Å². The van der Waals surface area contributed by atoms with E-state index in [2.05, 4.69) is 17.2 Å². The summed E-state index contributed by atoms with van der Waals surface area (Å²) < 4.78 is 5.18. The Morgan fingerprint density at radius 3 is 3.06 bits per heavy atom. The number of rotatable bonds is 7. The first-order valence-corrected chi connectivity index (χ1v) is 6.06. The standard InChI is InChI=1S/C12H19ClN2O/c1-10(5-6-13)8-14-9-11-4-3-7-15-12(11)16-2/h3-4,7,10,14H,5-6,8-9H2,1-2H3. The van der Waals surface area contributed by atoms with E-state index in [0.29, 0.717) is 11.8 Å². The molecule has 1 N–H and O–H groups in total. The van der Waals surface area contributed by atoms with E-state index in [-0.39, 0.29) is 0 Å². The maximum Gasteiger partial charge on any atom is 0.217 e. The van der Waals surface area contributed by atoms with Gasteiger partial charge in [0, 0.05) is 24.2 Å². The topological polar surface area (TPSA) is 34.1 Å². The van der Waals surface area contributed by atoms with Crippen LogP contribution in [0.25, 0.3) is 0 Å². The van der Waals surface area contributed by atoms with Gasteiger partial charge in [-0.1, -0.05) is 13.0 Å². The highest BCUT2D eigenvalue weighted by Crippen LogP contribution is 2.13. The van der Waals surface area contributed by atoms with Crippen molar-refractivity contribution in [2.75, 3.05) is 19.5 Å². The average molecular weight is 243 g/mol. The molecule has 0 aromatic carbocycles. The zero-order valence-corrected chi connectivity index (χ0v) is 10.6. The summed E-state index contributed by atoms with van der Waals surface area (Å²) in [4.78, 5) is 4.15. The Balaban J connectivity index is 2.36. The molecule has 1 unspecified atom stereocenters. The fourth-order valence-corrected chi connectivity index (χ4v) is 1.86. The number of aromatic nitrogens is 1. The lowest BCUT2D eigenvalue weighted by Gasteiger charge is -2.12. The number of pyridine rings is 1. The molecule has 16 heavy (non-hydrogen) atoms. The number of hydrogen-bond donors (Lipinski definition) is 1. The van der Waals surface area contributed by atoms with Crippen LogP contribution in [0, 0.1) is 5.92 Å². The maximum absolute atomic E-state index is 5.68. The molecule has 0 saturated carbocycles. The first-order valence-electron chi connectivity index (χ1n) is 5.52. The molecule has 4 heteroatoms. The van der Waals surface area contributed by atoms with Gasteiger partial charge in [0.2, 0.25) is 5.88 Å². The molecule has 0 aliphatic heterocycles. The number of halogens is 1. The van der Waals surface area contributed by atoms with Crippen molar-refractivity contribution in [1.29, 1.82) is 0 Å². The number of methoxy groups -OCH3 is 1. The third-order valence-electron chi connectivity index (χ3n) is 2.45. The molecule has 0 bridgehead atoms. The molecule has 0 aliphatic carbocycles. The zero-order valence-electron chi connectivity index (χ0n) is 9.87. The van der Waals surface area contributed by atoms with Crippen molar-refractivity contribution in [2.45, 2.75) is 19.9 Å². The van der Waals surface area contributed by atoms with Crippen LogP contribution in [-0.2, 0) is 6.54 Å². The molecule has 1 aromatic heterocycles. The van der Waals surface area contributed by atoms with Gasteiger partial charge in [0.05, 0.1) is 7.11 Å². The van der Waals surface area contributed by atoms with E-state index >= 15 is 0 Å². The fraction of sp³-hybridized carbons (Fsp3) is 0.583. The summed E-state index contributed by atoms with van der Waals surface area (Å²) in [7, 11) is 1.64. The van der Waals surface area contributed by atoms with Crippen LogP contribution in [0.4, 0.5) is 0 Å². The predicted molar refractivity (Wildman–Crippen MR) is 67.0 cm³/mol. The van der Waals surface area contributed by atoms with Crippen LogP contribution in [-0.4, -0.2) is 24.5 Å². The predicted octanol–water partition coefficient (Wildman–Crippen LogP) is 2.44. The molecular formula is C12H19ClN2O. The Hall–Kier alpha value is -0.800. The highest BCUT2D eigenvalue weighted by Gasteiger charge is 2.04. The number of ether oxygens (including phenoxy) is 1. The Kier molecular flexibility index (Phi) is 6.19. The highest BCUT2D eigenvalue weighted by atomic mass is 35.5. The Bertz CT molecular complexity index is 307. The van der Waals surface area contributed by atoms with Crippen molar-refractivity contribution in [3.63, 3.8) is 0 Å². The Labute approximate surface area is 102 Å². The lowest BCUT2D eigenvalue weighted by atomic mass is 10.1. The van der Waals surface area contributed by atoms with E-state index < -0.39 is 0 Å². The average Bonchev–Trinajstić information content (AvgIpc) is 2.30. The molecule has 3 nitrogen and oxygen atoms in total. The second-order valence-corrected chi connectivity index (χ2v) is 4.26. The van der Waals surface area contributed by atoms with Crippen molar-refractivity contribution in [3.05, 3.63) is 23.9 Å². The number of alkyl halides is 1. The summed E-state index contributed by atoms with van der Waals surface area (Å²) in [6.07, 6.45) is 2.77. The molecule has 1 atom stereocenters. The van der Waals surface area contributed by atoms with Crippen LogP contribution in [0.3, 0.4) is 0 Å². The van der Waals surface area contributed by atoms with Gasteiger partial charge in [0.15, 0.2) is 0 Å². The highest BCUT2D eigenvalue weighted by molar-refractivity contribution is 6.17. The number of nitrogens with zero attached hydrogens (tertiary/aromatic N) is 1. The summed E-state index contributed by atoms with van der Waals surface area (Å²) in [6.45, 7) is 3.93. The second kappa shape index (κ2) is 7.47. The first-order chi connectivity index (χ1) is 7.77. The maximum atomic E-state index is 5.68. The molecule has 1 heterocycles. The van der Waals surface area contributed by atoms with Gasteiger partial charge in [-0.2, -0.15) is 0 Å². The lowest BCUT2D eigenvalue weighted by molar-refractivity contribution is 0.389. The molecule has 0 amide bonds. The van der Waals surface area contributed by atoms with E-state index in [1.54, 1.807) is 13.3 Å². The zero-order chi connectivity index (χ0) is 11.8. The van der Waals surface area contributed by atoms with Crippen molar-refractivity contribution >= 4 is 11.6 Å². The van der Waals surface area contributed by atoms with Crippen molar-refractivity contribution in [2.24, 2.45) is 5.92 Å². The van der Waals surface area contributed by atoms with Gasteiger partial charge < -0.3 is 10.1 Å². The summed E-state index contributed by atoms with van der Waals surface area (Å²) in [6, 6.07) is 3.94. The minimum Gasteiger partial charge on any atom is -0.481 e. The first kappa shape index (κ1) is 13.3. The minimum atomic E-state index is 0.597. The van der Waals surface area contributed by atoms with E-state index in [4.69, 9.17) is 16.3 Å². The normalized spacial score (nSPS) is 12.4. The molecule has 0 saturated heterocycles. The van der Waals surface area contributed by atoms with Crippen LogP contribution in [0.1, 0.15) is 18.9 Å². The molecule has 0 spiro atoms. The van der Waals surface area contributed by atoms with E-state index in [0.717, 1.165) is 31.0 Å². The van der Waals surface area contributed by atoms with E-state index in [1.807, 2.05) is 12.1 Å². The van der Waals surface area contributed by atoms with Crippen LogP contribution < -0.4 is 10.1 Å². The molecule has 0 radical (unpaired) electrons. The lowest BCUT2D eigenvalue weighted by Crippen LogP contribution is -2.21. The molecule has 1 rings (SSSR count). The molecule has 1 aromatic rings. The summed E-state index contributed by atoms with van der Waals surface area (Å²) in [5, 5.41) is 3.38. The summed E-state index contributed by atoms with van der Waals surface area (Å²) in [5.41, 5.74) is 1.09. The SMILES string of the molecule is COc1ncccc1CNCC(C)CCCl. The van der Waals surface area contributed by atoms with Gasteiger partial charge in [-0.3, -0.25) is 0 Å². The van der Waals surface area contributed by atoms with Crippen LogP contribution >= 0.6 is 11.6 Å². The number of nitrogens with one attached hydrogen (secondary N) is 1. The molecular weight excluding hydrogens is 224 g/mol. The Morgan fingerprint density at radius 1 is 1.56 bits per heavy atom. The molecule has 90 valence electrons. The number of hydrogen-bond acceptors (Lipinski definition) is 3. The molecule has 0 aliphatic rings. The molecule has 0 fully saturated rings. The third-order valence-corrected chi connectivity index (χ3v) is 2.67. The van der Waals surface area contributed by atoms with Gasteiger partial charge in [-0.25, -0.2) is 4.98 Å². The van der Waals surface area contributed by atoms with E-state index in [1.165, 1.54) is 0 Å². The van der Waals surface area contributed by atoms with Gasteiger partial charge in [-0.15, -0.1) is 11.6 Å². The smallest absolute Gasteiger partial charge is 0.217 e. The summed E-state index contributed by atoms with van der Waals surface area (Å²) in [5.74, 6) is 2.01. The van der Waals surface area contributed by atoms with E-state index in [9.17, 15) is 0 Å². The largest absolute Gasteiger partial charge is 0.481 e. The summed E-state index contributed by atoms with van der Waals surface area (Å²) >= 11 is 5.68. The third kappa shape index (κ3) is 4.37. The van der Waals surface area contributed by atoms with Crippen LogP contribution in [0.15, 0.2) is 18.3 Å². The van der Waals surface area contributed by atoms with Gasteiger partial charge in [0.1, 0.15) is 0 Å². The van der Waals surface area contributed by atoms with Gasteiger partial charge >= 0.3 is 0 Å². The quantitative estimate of drug-likeness (QED) is 0.746. The second-order valence-electron chi connectivity index (χ2n) is 3.89. The van der Waals surface area contributed by atoms with Gasteiger partial charge in [-0.05, 0) is 24.9 Å². The van der Waals surface area contributed by atoms with Gasteiger partial charge in [0.25, 0.3) is 0 Å². The fourth-order valence-electron chi connectivity index (χ4n) is 1.48. The van der Waals surface area contributed by atoms with Crippen molar-refractivity contribution in [1.82, 2.24) is 10.3 Å².